The van der Waals surface area contributed by atoms with E-state index in [2.05, 4.69) is 24.1 Å². The third kappa shape index (κ3) is 3.77. The van der Waals surface area contributed by atoms with Gasteiger partial charge in [0.2, 0.25) is 0 Å². The predicted octanol–water partition coefficient (Wildman–Crippen LogP) is 3.21. The molecule has 3 heteroatoms. The second-order valence-corrected chi connectivity index (χ2v) is 6.37. The molecule has 1 aromatic carbocycles. The molecular weight excluding hydrogens is 239 g/mol. The molecular formula is C16H25FN2. The van der Waals surface area contributed by atoms with E-state index in [1.54, 1.807) is 12.1 Å². The second-order valence-electron chi connectivity index (χ2n) is 6.37. The minimum absolute atomic E-state index is 0.0649. The smallest absolute Gasteiger partial charge is 0.128 e. The van der Waals surface area contributed by atoms with Crippen LogP contribution >= 0.6 is 0 Å². The third-order valence-corrected chi connectivity index (χ3v) is 4.05. The van der Waals surface area contributed by atoms with E-state index in [0.29, 0.717) is 5.41 Å². The number of hydrogen-bond donors (Lipinski definition) is 1. The number of piperidine rings is 1. The number of hydrogen-bond acceptors (Lipinski definition) is 2. The maximum absolute atomic E-state index is 13.9. The van der Waals surface area contributed by atoms with Crippen molar-refractivity contribution in [3.63, 3.8) is 0 Å². The fourth-order valence-electron chi connectivity index (χ4n) is 3.06. The van der Waals surface area contributed by atoms with E-state index in [9.17, 15) is 4.39 Å². The van der Waals surface area contributed by atoms with Crippen LogP contribution in [0.4, 0.5) is 4.39 Å². The minimum Gasteiger partial charge on any atom is -0.312 e. The lowest BCUT2D eigenvalue weighted by molar-refractivity contribution is 0.108. The Labute approximate surface area is 116 Å². The fraction of sp³-hybridized carbons (Fsp3) is 0.625. The molecule has 1 unspecified atom stereocenters. The molecule has 1 aliphatic heterocycles. The van der Waals surface area contributed by atoms with Gasteiger partial charge in [-0.2, -0.15) is 0 Å². The van der Waals surface area contributed by atoms with Gasteiger partial charge in [-0.25, -0.2) is 4.39 Å². The average Bonchev–Trinajstić information content (AvgIpc) is 2.36. The number of nitrogens with zero attached hydrogens (tertiary/aromatic N) is 1. The molecule has 1 atom stereocenters. The lowest BCUT2D eigenvalue weighted by Gasteiger charge is -2.39. The Hall–Kier alpha value is -0.930. The molecule has 1 N–H and O–H groups in total. The molecule has 0 bridgehead atoms. The van der Waals surface area contributed by atoms with E-state index >= 15 is 0 Å². The Morgan fingerprint density at radius 1 is 1.37 bits per heavy atom. The van der Waals surface area contributed by atoms with Crippen LogP contribution in [0.5, 0.6) is 0 Å². The van der Waals surface area contributed by atoms with Gasteiger partial charge in [0, 0.05) is 24.7 Å². The highest BCUT2D eigenvalue weighted by atomic mass is 19.1. The molecule has 0 saturated carbocycles. The Morgan fingerprint density at radius 2 is 2.11 bits per heavy atom. The maximum Gasteiger partial charge on any atom is 0.128 e. The lowest BCUT2D eigenvalue weighted by Crippen LogP contribution is -2.43. The van der Waals surface area contributed by atoms with Gasteiger partial charge < -0.3 is 10.2 Å². The number of halogens is 1. The maximum atomic E-state index is 13.9. The van der Waals surface area contributed by atoms with Gasteiger partial charge in [0.05, 0.1) is 0 Å². The van der Waals surface area contributed by atoms with Gasteiger partial charge in [0.25, 0.3) is 0 Å². The summed E-state index contributed by atoms with van der Waals surface area (Å²) in [6.07, 6.45) is 2.52. The number of benzene rings is 1. The van der Waals surface area contributed by atoms with Crippen LogP contribution in [0.1, 0.15) is 38.3 Å². The van der Waals surface area contributed by atoms with Crippen LogP contribution < -0.4 is 5.32 Å². The first-order valence-electron chi connectivity index (χ1n) is 7.16. The molecule has 1 fully saturated rings. The van der Waals surface area contributed by atoms with Crippen LogP contribution in [0.25, 0.3) is 0 Å². The molecule has 1 heterocycles. The quantitative estimate of drug-likeness (QED) is 0.898. The summed E-state index contributed by atoms with van der Waals surface area (Å²) in [6, 6.07) is 7.14. The molecule has 0 radical (unpaired) electrons. The zero-order chi connectivity index (χ0) is 13.9. The number of likely N-dealkylation sites (tertiary alicyclic amines) is 1. The molecule has 1 aliphatic rings. The summed E-state index contributed by atoms with van der Waals surface area (Å²) < 4.78 is 13.9. The van der Waals surface area contributed by atoms with Gasteiger partial charge in [-0.15, -0.1) is 0 Å². The molecule has 0 spiro atoms. The lowest BCUT2D eigenvalue weighted by atomic mass is 9.84. The predicted molar refractivity (Wildman–Crippen MR) is 77.7 cm³/mol. The van der Waals surface area contributed by atoms with E-state index in [-0.39, 0.29) is 11.9 Å². The van der Waals surface area contributed by atoms with E-state index in [4.69, 9.17) is 0 Å². The highest BCUT2D eigenvalue weighted by Crippen LogP contribution is 2.29. The first-order valence-corrected chi connectivity index (χ1v) is 7.16. The Bertz CT molecular complexity index is 417. The van der Waals surface area contributed by atoms with Gasteiger partial charge in [0.15, 0.2) is 0 Å². The summed E-state index contributed by atoms with van der Waals surface area (Å²) in [5.74, 6) is -0.113. The summed E-state index contributed by atoms with van der Waals surface area (Å²) >= 11 is 0. The topological polar surface area (TPSA) is 15.3 Å². The molecule has 1 saturated heterocycles. The Morgan fingerprint density at radius 3 is 2.74 bits per heavy atom. The highest BCUT2D eigenvalue weighted by Gasteiger charge is 2.28. The van der Waals surface area contributed by atoms with Crippen molar-refractivity contribution >= 4 is 0 Å². The van der Waals surface area contributed by atoms with Gasteiger partial charge in [-0.1, -0.05) is 32.0 Å². The molecule has 0 aliphatic carbocycles. The number of likely N-dealkylation sites (N-methyl/N-ethyl adjacent to an activating group) is 1. The minimum atomic E-state index is -0.113. The van der Waals surface area contributed by atoms with Gasteiger partial charge >= 0.3 is 0 Å². The van der Waals surface area contributed by atoms with Gasteiger partial charge in [-0.3, -0.25) is 0 Å². The first-order chi connectivity index (χ1) is 9.02. The SMILES string of the molecule is CNC(CN1CCCC(C)(C)C1)c1ccccc1F. The van der Waals surface area contributed by atoms with Crippen molar-refractivity contribution in [2.45, 2.75) is 32.7 Å². The monoisotopic (exact) mass is 264 g/mol. The standard InChI is InChI=1S/C16H25FN2/c1-16(2)9-6-10-19(12-16)11-15(18-3)13-7-4-5-8-14(13)17/h4-5,7-8,15,18H,6,9-12H2,1-3H3. The highest BCUT2D eigenvalue weighted by molar-refractivity contribution is 5.21. The molecule has 0 aromatic heterocycles. The molecule has 106 valence electrons. The van der Waals surface area contributed by atoms with Crippen molar-refractivity contribution in [3.05, 3.63) is 35.6 Å². The fourth-order valence-corrected chi connectivity index (χ4v) is 3.06. The van der Waals surface area contributed by atoms with Crippen LogP contribution in [0.2, 0.25) is 0 Å². The Balaban J connectivity index is 2.05. The van der Waals surface area contributed by atoms with Gasteiger partial charge in [-0.05, 0) is 37.9 Å². The molecule has 0 amide bonds. The third-order valence-electron chi connectivity index (χ3n) is 4.05. The number of nitrogens with one attached hydrogen (secondary N) is 1. The van der Waals surface area contributed by atoms with Crippen LogP contribution in [0.3, 0.4) is 0 Å². The van der Waals surface area contributed by atoms with E-state index in [1.165, 1.54) is 12.8 Å². The van der Waals surface area contributed by atoms with Crippen molar-refractivity contribution in [1.29, 1.82) is 0 Å². The Kier molecular flexibility index (Phi) is 4.58. The average molecular weight is 264 g/mol. The molecule has 2 nitrogen and oxygen atoms in total. The zero-order valence-electron chi connectivity index (χ0n) is 12.2. The number of rotatable bonds is 4. The normalized spacial score (nSPS) is 21.3. The first kappa shape index (κ1) is 14.5. The summed E-state index contributed by atoms with van der Waals surface area (Å²) in [5.41, 5.74) is 1.15. The molecule has 1 aromatic rings. The van der Waals surface area contributed by atoms with Crippen molar-refractivity contribution in [2.75, 3.05) is 26.7 Å². The van der Waals surface area contributed by atoms with E-state index < -0.39 is 0 Å². The molecule has 19 heavy (non-hydrogen) atoms. The van der Waals surface area contributed by atoms with Crippen LogP contribution in [-0.4, -0.2) is 31.6 Å². The van der Waals surface area contributed by atoms with Crippen LogP contribution in [-0.2, 0) is 0 Å². The van der Waals surface area contributed by atoms with Crippen LogP contribution in [0.15, 0.2) is 24.3 Å². The van der Waals surface area contributed by atoms with Crippen molar-refractivity contribution in [2.24, 2.45) is 5.41 Å². The van der Waals surface area contributed by atoms with Crippen LogP contribution in [0, 0.1) is 11.2 Å². The van der Waals surface area contributed by atoms with E-state index in [0.717, 1.165) is 25.2 Å². The van der Waals surface area contributed by atoms with E-state index in [1.807, 2.05) is 19.2 Å². The van der Waals surface area contributed by atoms with Crippen molar-refractivity contribution in [3.8, 4) is 0 Å². The summed E-state index contributed by atoms with van der Waals surface area (Å²) in [7, 11) is 1.91. The van der Waals surface area contributed by atoms with Gasteiger partial charge in [0.1, 0.15) is 5.82 Å². The summed E-state index contributed by atoms with van der Waals surface area (Å²) in [6.45, 7) is 7.73. The molecule has 2 rings (SSSR count). The summed E-state index contributed by atoms with van der Waals surface area (Å²) in [5, 5.41) is 3.25. The second kappa shape index (κ2) is 6.02. The largest absolute Gasteiger partial charge is 0.312 e. The van der Waals surface area contributed by atoms with Crippen molar-refractivity contribution < 1.29 is 4.39 Å². The summed E-state index contributed by atoms with van der Waals surface area (Å²) in [4.78, 5) is 2.46. The van der Waals surface area contributed by atoms with Crippen molar-refractivity contribution in [1.82, 2.24) is 10.2 Å². The zero-order valence-corrected chi connectivity index (χ0v) is 12.2.